The van der Waals surface area contributed by atoms with Crippen LogP contribution in [0, 0.1) is 18.3 Å². The molecule has 3 heteroatoms. The molecule has 1 heterocycles. The second-order valence-corrected chi connectivity index (χ2v) is 4.67. The van der Waals surface area contributed by atoms with E-state index < -0.39 is 0 Å². The maximum absolute atomic E-state index is 8.93. The van der Waals surface area contributed by atoms with E-state index in [4.69, 9.17) is 5.26 Å². The Morgan fingerprint density at radius 1 is 1.35 bits per heavy atom. The predicted molar refractivity (Wildman–Crippen MR) is 66.5 cm³/mol. The molecule has 0 unspecified atom stereocenters. The third kappa shape index (κ3) is 1.94. The minimum atomic E-state index is -0.157. The van der Waals surface area contributed by atoms with Gasteiger partial charge in [0.2, 0.25) is 0 Å². The topological polar surface area (TPSA) is 41.6 Å². The van der Waals surface area contributed by atoms with E-state index in [0.29, 0.717) is 0 Å². The van der Waals surface area contributed by atoms with E-state index in [9.17, 15) is 0 Å². The summed E-state index contributed by atoms with van der Waals surface area (Å²) in [5, 5.41) is 8.93. The van der Waals surface area contributed by atoms with Gasteiger partial charge in [0.05, 0.1) is 23.5 Å². The lowest BCUT2D eigenvalue weighted by atomic mass is 9.91. The molecule has 2 rings (SSSR count). The first-order valence-corrected chi connectivity index (χ1v) is 5.55. The molecule has 0 saturated carbocycles. The third-order valence-electron chi connectivity index (χ3n) is 3.20. The summed E-state index contributed by atoms with van der Waals surface area (Å²) in [6, 6.07) is 8.14. The minimum absolute atomic E-state index is 0.157. The molecule has 0 aliphatic heterocycles. The molecule has 3 nitrogen and oxygen atoms in total. The highest BCUT2D eigenvalue weighted by molar-refractivity contribution is 5.41. The molecule has 0 radical (unpaired) electrons. The molecule has 17 heavy (non-hydrogen) atoms. The summed E-state index contributed by atoms with van der Waals surface area (Å²) in [6.45, 7) is 6.23. The molecule has 0 spiro atoms. The van der Waals surface area contributed by atoms with E-state index >= 15 is 0 Å². The summed E-state index contributed by atoms with van der Waals surface area (Å²) in [5.74, 6) is 0. The number of benzene rings is 1. The summed E-state index contributed by atoms with van der Waals surface area (Å²) in [5.41, 5.74) is 2.76. The van der Waals surface area contributed by atoms with Crippen LogP contribution in [-0.2, 0) is 5.54 Å². The smallest absolute Gasteiger partial charge is 0.0994 e. The Kier molecular flexibility index (Phi) is 2.72. The first-order chi connectivity index (χ1) is 8.05. The molecule has 86 valence electrons. The molecule has 1 aromatic carbocycles. The van der Waals surface area contributed by atoms with Crippen molar-refractivity contribution in [1.82, 2.24) is 9.55 Å². The highest BCUT2D eigenvalue weighted by Gasteiger charge is 2.22. The van der Waals surface area contributed by atoms with Gasteiger partial charge >= 0.3 is 0 Å². The summed E-state index contributed by atoms with van der Waals surface area (Å²) in [4.78, 5) is 4.08. The van der Waals surface area contributed by atoms with E-state index in [0.717, 1.165) is 11.1 Å². The zero-order valence-corrected chi connectivity index (χ0v) is 10.3. The number of hydrogen-bond donors (Lipinski definition) is 0. The predicted octanol–water partition coefficient (Wildman–Crippen LogP) is 2.85. The summed E-state index contributed by atoms with van der Waals surface area (Å²) in [6.07, 6.45) is 5.54. The second-order valence-electron chi connectivity index (χ2n) is 4.67. The molecule has 0 aliphatic carbocycles. The van der Waals surface area contributed by atoms with Crippen molar-refractivity contribution in [2.45, 2.75) is 26.3 Å². The Hall–Kier alpha value is -2.08. The lowest BCUT2D eigenvalue weighted by Crippen LogP contribution is -2.26. The van der Waals surface area contributed by atoms with Crippen LogP contribution in [0.2, 0.25) is 0 Å². The van der Waals surface area contributed by atoms with Crippen LogP contribution >= 0.6 is 0 Å². The summed E-state index contributed by atoms with van der Waals surface area (Å²) in [7, 11) is 0. The molecule has 0 fully saturated rings. The van der Waals surface area contributed by atoms with Crippen LogP contribution in [0.1, 0.15) is 30.5 Å². The standard InChI is InChI=1S/C14H15N3/c1-11-8-13(5-4-12(11)9-15)14(2,3)17-7-6-16-10-17/h4-8,10H,1-3H3. The molecular formula is C14H15N3. The number of aromatic nitrogens is 2. The lowest BCUT2D eigenvalue weighted by molar-refractivity contribution is 0.435. The van der Waals surface area contributed by atoms with Crippen LogP contribution in [0.15, 0.2) is 36.9 Å². The van der Waals surface area contributed by atoms with Crippen LogP contribution in [0.5, 0.6) is 0 Å². The van der Waals surface area contributed by atoms with Gasteiger partial charge in [-0.15, -0.1) is 0 Å². The number of aryl methyl sites for hydroxylation is 1. The molecule has 2 aromatic rings. The molecule has 0 N–H and O–H groups in total. The SMILES string of the molecule is Cc1cc(C(C)(C)n2ccnc2)ccc1C#N. The maximum Gasteiger partial charge on any atom is 0.0994 e. The molecule has 1 aromatic heterocycles. The van der Waals surface area contributed by atoms with Crippen LogP contribution < -0.4 is 0 Å². The minimum Gasteiger partial charge on any atom is -0.328 e. The Balaban J connectivity index is 2.48. The molecule has 0 bridgehead atoms. The Morgan fingerprint density at radius 3 is 2.65 bits per heavy atom. The number of hydrogen-bond acceptors (Lipinski definition) is 2. The van der Waals surface area contributed by atoms with Gasteiger partial charge in [-0.05, 0) is 38.0 Å². The average molecular weight is 225 g/mol. The maximum atomic E-state index is 8.93. The molecular weight excluding hydrogens is 210 g/mol. The van der Waals surface area contributed by atoms with Gasteiger partial charge in [0.25, 0.3) is 0 Å². The van der Waals surface area contributed by atoms with Gasteiger partial charge in [0, 0.05) is 12.4 Å². The average Bonchev–Trinajstić information content (AvgIpc) is 2.83. The zero-order chi connectivity index (χ0) is 12.5. The molecule has 0 saturated heterocycles. The summed E-state index contributed by atoms with van der Waals surface area (Å²) < 4.78 is 2.06. The fourth-order valence-electron chi connectivity index (χ4n) is 1.91. The van der Waals surface area contributed by atoms with Crippen LogP contribution in [-0.4, -0.2) is 9.55 Å². The molecule has 0 aliphatic rings. The van der Waals surface area contributed by atoms with Crippen molar-refractivity contribution in [2.75, 3.05) is 0 Å². The fourth-order valence-corrected chi connectivity index (χ4v) is 1.91. The van der Waals surface area contributed by atoms with Crippen molar-refractivity contribution < 1.29 is 0 Å². The van der Waals surface area contributed by atoms with Gasteiger partial charge in [-0.1, -0.05) is 12.1 Å². The van der Waals surface area contributed by atoms with Crippen molar-refractivity contribution in [1.29, 1.82) is 5.26 Å². The third-order valence-corrected chi connectivity index (χ3v) is 3.20. The van der Waals surface area contributed by atoms with Crippen LogP contribution in [0.4, 0.5) is 0 Å². The monoisotopic (exact) mass is 225 g/mol. The van der Waals surface area contributed by atoms with Gasteiger partial charge in [-0.25, -0.2) is 4.98 Å². The van der Waals surface area contributed by atoms with Crippen molar-refractivity contribution in [3.8, 4) is 6.07 Å². The summed E-state index contributed by atoms with van der Waals surface area (Å²) >= 11 is 0. The zero-order valence-electron chi connectivity index (χ0n) is 10.3. The van der Waals surface area contributed by atoms with E-state index in [1.807, 2.05) is 31.6 Å². The van der Waals surface area contributed by atoms with Crippen LogP contribution in [0.3, 0.4) is 0 Å². The normalized spacial score (nSPS) is 11.2. The highest BCUT2D eigenvalue weighted by atomic mass is 15.1. The van der Waals surface area contributed by atoms with Gasteiger partial charge in [0.1, 0.15) is 0 Å². The van der Waals surface area contributed by atoms with Crippen LogP contribution in [0.25, 0.3) is 0 Å². The first-order valence-electron chi connectivity index (χ1n) is 5.55. The molecule has 0 atom stereocenters. The number of nitriles is 1. The second kappa shape index (κ2) is 4.06. The van der Waals surface area contributed by atoms with E-state index in [1.54, 1.807) is 6.20 Å². The fraction of sp³-hybridized carbons (Fsp3) is 0.286. The number of imidazole rings is 1. The Bertz CT molecular complexity index is 560. The van der Waals surface area contributed by atoms with Crippen molar-refractivity contribution in [3.05, 3.63) is 53.6 Å². The van der Waals surface area contributed by atoms with E-state index in [-0.39, 0.29) is 5.54 Å². The number of nitrogens with zero attached hydrogens (tertiary/aromatic N) is 3. The largest absolute Gasteiger partial charge is 0.328 e. The van der Waals surface area contributed by atoms with E-state index in [1.165, 1.54) is 5.56 Å². The quantitative estimate of drug-likeness (QED) is 0.788. The van der Waals surface area contributed by atoms with Gasteiger partial charge in [-0.2, -0.15) is 5.26 Å². The van der Waals surface area contributed by atoms with Gasteiger partial charge in [-0.3, -0.25) is 0 Å². The molecule has 0 amide bonds. The van der Waals surface area contributed by atoms with Crippen molar-refractivity contribution in [2.24, 2.45) is 0 Å². The number of rotatable bonds is 2. The van der Waals surface area contributed by atoms with E-state index in [2.05, 4.69) is 35.5 Å². The highest BCUT2D eigenvalue weighted by Crippen LogP contribution is 2.26. The van der Waals surface area contributed by atoms with Gasteiger partial charge in [0.15, 0.2) is 0 Å². The van der Waals surface area contributed by atoms with Crippen molar-refractivity contribution >= 4 is 0 Å². The Morgan fingerprint density at radius 2 is 2.12 bits per heavy atom. The van der Waals surface area contributed by atoms with Gasteiger partial charge < -0.3 is 4.57 Å². The Labute approximate surface area is 101 Å². The lowest BCUT2D eigenvalue weighted by Gasteiger charge is -2.27. The first kappa shape index (κ1) is 11.4. The van der Waals surface area contributed by atoms with Crippen molar-refractivity contribution in [3.63, 3.8) is 0 Å².